The zero-order valence-electron chi connectivity index (χ0n) is 20.5. The summed E-state index contributed by atoms with van der Waals surface area (Å²) in [6.07, 6.45) is -2.25. The summed E-state index contributed by atoms with van der Waals surface area (Å²) in [5.74, 6) is -1.88. The van der Waals surface area contributed by atoms with Crippen molar-refractivity contribution in [1.82, 2.24) is 19.5 Å². The van der Waals surface area contributed by atoms with E-state index in [0.717, 1.165) is 26.0 Å². The lowest BCUT2D eigenvalue weighted by Gasteiger charge is -2.44. The van der Waals surface area contributed by atoms with E-state index in [1.165, 1.54) is 42.8 Å². The molecule has 36 heavy (non-hydrogen) atoms. The lowest BCUT2D eigenvalue weighted by molar-refractivity contribution is -0.267. The van der Waals surface area contributed by atoms with Gasteiger partial charge in [0.2, 0.25) is 0 Å². The van der Waals surface area contributed by atoms with Gasteiger partial charge in [0.15, 0.2) is 30.2 Å². The Bertz CT molecular complexity index is 1120. The molecule has 0 N–H and O–H groups in total. The van der Waals surface area contributed by atoms with E-state index in [0.29, 0.717) is 16.2 Å². The van der Waals surface area contributed by atoms with Crippen LogP contribution in [-0.4, -0.2) is 80.2 Å². The smallest absolute Gasteiger partial charge is 0.303 e. The third-order valence-electron chi connectivity index (χ3n) is 5.01. The average Bonchev–Trinajstić information content (AvgIpc) is 3.22. The van der Waals surface area contributed by atoms with Gasteiger partial charge in [0, 0.05) is 27.7 Å². The minimum Gasteiger partial charge on any atom is -0.463 e. The fraction of sp³-hybridized carbons (Fsp3) is 0.591. The summed E-state index contributed by atoms with van der Waals surface area (Å²) in [6, 6.07) is 0. The molecule has 1 aliphatic heterocycles. The summed E-state index contributed by atoms with van der Waals surface area (Å²) >= 11 is 1.51. The summed E-state index contributed by atoms with van der Waals surface area (Å²) in [5.41, 5.74) is 0.883. The number of aromatic nitrogens is 4. The van der Waals surface area contributed by atoms with Gasteiger partial charge in [-0.1, -0.05) is 6.92 Å². The molecule has 2 aromatic heterocycles. The van der Waals surface area contributed by atoms with E-state index in [2.05, 4.69) is 15.0 Å². The number of carbonyl (C=O) groups is 4. The molecule has 0 bridgehead atoms. The SMILES string of the molecule is CCCSc1ncnc2c1ncn2C1OC(COC(C)=O)C(OC(C)=O)C(OC(C)=O)C1OC(C)=O. The highest BCUT2D eigenvalue weighted by Crippen LogP contribution is 2.36. The summed E-state index contributed by atoms with van der Waals surface area (Å²) < 4.78 is 29.2. The molecule has 0 spiro atoms. The van der Waals surface area contributed by atoms with Crippen LogP contribution >= 0.6 is 11.8 Å². The number of imidazole rings is 1. The van der Waals surface area contributed by atoms with E-state index >= 15 is 0 Å². The van der Waals surface area contributed by atoms with Crippen molar-refractivity contribution in [3.8, 4) is 0 Å². The fourth-order valence-electron chi connectivity index (χ4n) is 3.75. The third kappa shape index (κ3) is 6.49. The minimum atomic E-state index is -1.29. The molecule has 0 aliphatic carbocycles. The first kappa shape index (κ1) is 27.3. The Hall–Kier alpha value is -3.26. The molecule has 0 amide bonds. The molecule has 5 atom stereocenters. The van der Waals surface area contributed by atoms with E-state index in [9.17, 15) is 19.2 Å². The molecule has 0 aromatic carbocycles. The topological polar surface area (TPSA) is 158 Å². The van der Waals surface area contributed by atoms with E-state index in [1.54, 1.807) is 0 Å². The first-order valence-electron chi connectivity index (χ1n) is 11.2. The molecule has 2 aromatic rings. The third-order valence-corrected chi connectivity index (χ3v) is 6.19. The number of fused-ring (bicyclic) bond motifs is 1. The van der Waals surface area contributed by atoms with Gasteiger partial charge in [-0.25, -0.2) is 15.0 Å². The predicted octanol–water partition coefficient (Wildman–Crippen LogP) is 1.58. The number of hydrogen-bond donors (Lipinski definition) is 0. The van der Waals surface area contributed by atoms with Crippen molar-refractivity contribution in [2.75, 3.05) is 12.4 Å². The Morgan fingerprint density at radius 1 is 0.917 bits per heavy atom. The van der Waals surface area contributed by atoms with E-state index in [1.807, 2.05) is 6.92 Å². The molecule has 3 rings (SSSR count). The maximum Gasteiger partial charge on any atom is 0.303 e. The van der Waals surface area contributed by atoms with Crippen LogP contribution in [0.2, 0.25) is 0 Å². The molecular formula is C22H28N4O9S. The number of rotatable bonds is 9. The zero-order chi connectivity index (χ0) is 26.4. The van der Waals surface area contributed by atoms with Crippen molar-refractivity contribution in [3.63, 3.8) is 0 Å². The van der Waals surface area contributed by atoms with Crippen LogP contribution in [0.25, 0.3) is 11.2 Å². The van der Waals surface area contributed by atoms with Crippen LogP contribution < -0.4 is 0 Å². The maximum absolute atomic E-state index is 12.1. The van der Waals surface area contributed by atoms with Gasteiger partial charge in [-0.05, 0) is 12.2 Å². The normalized spacial score (nSPS) is 23.6. The lowest BCUT2D eigenvalue weighted by atomic mass is 9.97. The van der Waals surface area contributed by atoms with Crippen molar-refractivity contribution in [2.24, 2.45) is 0 Å². The van der Waals surface area contributed by atoms with Crippen molar-refractivity contribution >= 4 is 46.8 Å². The second-order valence-corrected chi connectivity index (χ2v) is 9.02. The Labute approximate surface area is 211 Å². The van der Waals surface area contributed by atoms with Gasteiger partial charge in [0.25, 0.3) is 0 Å². The largest absolute Gasteiger partial charge is 0.463 e. The standard InChI is InChI=1S/C22H28N4O9S/c1-6-7-36-21-16-20(23-9-24-21)26(10-25-16)22-19(34-14(5)30)18(33-13(4)29)17(32-12(3)28)15(35-22)8-31-11(2)27/h9-10,15,17-19,22H,6-8H2,1-5H3. The van der Waals surface area contributed by atoms with Crippen LogP contribution in [0.5, 0.6) is 0 Å². The second-order valence-electron chi connectivity index (χ2n) is 7.94. The highest BCUT2D eigenvalue weighted by Gasteiger charge is 2.53. The van der Waals surface area contributed by atoms with Crippen LogP contribution in [0.15, 0.2) is 17.7 Å². The van der Waals surface area contributed by atoms with Crippen LogP contribution in [0.4, 0.5) is 0 Å². The zero-order valence-corrected chi connectivity index (χ0v) is 21.4. The molecule has 3 heterocycles. The molecule has 0 radical (unpaired) electrons. The molecule has 14 heteroatoms. The summed E-state index contributed by atoms with van der Waals surface area (Å²) in [7, 11) is 0. The highest BCUT2D eigenvalue weighted by atomic mass is 32.2. The molecule has 196 valence electrons. The first-order chi connectivity index (χ1) is 17.1. The van der Waals surface area contributed by atoms with Crippen LogP contribution in [-0.2, 0) is 42.9 Å². The Kier molecular flexibility index (Phi) is 9.20. The summed E-state index contributed by atoms with van der Waals surface area (Å²) in [4.78, 5) is 60.6. The summed E-state index contributed by atoms with van der Waals surface area (Å²) in [5, 5.41) is 0.659. The molecule has 13 nitrogen and oxygen atoms in total. The van der Waals surface area contributed by atoms with E-state index in [4.69, 9.17) is 23.7 Å². The minimum absolute atomic E-state index is 0.326. The number of carbonyl (C=O) groups excluding carboxylic acids is 4. The number of hydrogen-bond acceptors (Lipinski definition) is 13. The summed E-state index contributed by atoms with van der Waals surface area (Å²) in [6.45, 7) is 6.44. The fourth-order valence-corrected chi connectivity index (χ4v) is 4.55. The predicted molar refractivity (Wildman–Crippen MR) is 124 cm³/mol. The van der Waals surface area contributed by atoms with Gasteiger partial charge in [-0.15, -0.1) is 11.8 Å². The lowest BCUT2D eigenvalue weighted by Crippen LogP contribution is -2.60. The quantitative estimate of drug-likeness (QED) is 0.202. The van der Waals surface area contributed by atoms with Crippen LogP contribution in [0.1, 0.15) is 47.3 Å². The van der Waals surface area contributed by atoms with Crippen molar-refractivity contribution in [1.29, 1.82) is 0 Å². The molecule has 5 unspecified atom stereocenters. The monoisotopic (exact) mass is 524 g/mol. The average molecular weight is 525 g/mol. The number of esters is 4. The maximum atomic E-state index is 12.1. The van der Waals surface area contributed by atoms with E-state index in [-0.39, 0.29) is 6.61 Å². The molecule has 1 aliphatic rings. The Balaban J connectivity index is 2.12. The molecular weight excluding hydrogens is 496 g/mol. The van der Waals surface area contributed by atoms with E-state index < -0.39 is 54.5 Å². The van der Waals surface area contributed by atoms with Crippen molar-refractivity contribution in [2.45, 2.75) is 76.7 Å². The highest BCUT2D eigenvalue weighted by molar-refractivity contribution is 7.99. The Morgan fingerprint density at radius 2 is 1.56 bits per heavy atom. The Morgan fingerprint density at radius 3 is 2.17 bits per heavy atom. The number of thioether (sulfide) groups is 1. The van der Waals surface area contributed by atoms with Gasteiger partial charge in [0.05, 0.1) is 6.33 Å². The van der Waals surface area contributed by atoms with Gasteiger partial charge < -0.3 is 23.7 Å². The van der Waals surface area contributed by atoms with Gasteiger partial charge in [-0.2, -0.15) is 0 Å². The van der Waals surface area contributed by atoms with Crippen molar-refractivity contribution < 1.29 is 42.9 Å². The van der Waals surface area contributed by atoms with Gasteiger partial charge in [-0.3, -0.25) is 23.7 Å². The number of nitrogens with zero attached hydrogens (tertiary/aromatic N) is 4. The van der Waals surface area contributed by atoms with Crippen molar-refractivity contribution in [3.05, 3.63) is 12.7 Å². The molecule has 1 saturated heterocycles. The van der Waals surface area contributed by atoms with Gasteiger partial charge in [0.1, 0.15) is 29.6 Å². The number of ether oxygens (including phenoxy) is 5. The first-order valence-corrected chi connectivity index (χ1v) is 12.2. The van der Waals surface area contributed by atoms with Gasteiger partial charge >= 0.3 is 23.9 Å². The van der Waals surface area contributed by atoms with Crippen LogP contribution in [0.3, 0.4) is 0 Å². The molecule has 0 saturated carbocycles. The second kappa shape index (κ2) is 12.1. The van der Waals surface area contributed by atoms with Crippen LogP contribution in [0, 0.1) is 0 Å². The molecule has 1 fully saturated rings.